The van der Waals surface area contributed by atoms with Crippen LogP contribution in [0.2, 0.25) is 0 Å². The van der Waals surface area contributed by atoms with E-state index in [4.69, 9.17) is 0 Å². The molecule has 0 amide bonds. The molecule has 1 N–H and O–H groups in total. The molecule has 6 nitrogen and oxygen atoms in total. The van der Waals surface area contributed by atoms with Crippen molar-refractivity contribution in [2.45, 2.75) is 6.92 Å². The van der Waals surface area contributed by atoms with E-state index >= 15 is 0 Å². The highest BCUT2D eigenvalue weighted by atomic mass is 19.1. The van der Waals surface area contributed by atoms with Crippen molar-refractivity contribution in [3.8, 4) is 23.0 Å². The van der Waals surface area contributed by atoms with Gasteiger partial charge in [-0.15, -0.1) is 0 Å². The van der Waals surface area contributed by atoms with Crippen molar-refractivity contribution >= 4 is 17.2 Å². The van der Waals surface area contributed by atoms with Crippen molar-refractivity contribution in [1.29, 1.82) is 0 Å². The molecule has 4 aromatic rings. The van der Waals surface area contributed by atoms with Crippen LogP contribution in [0.5, 0.6) is 0 Å². The molecule has 4 rings (SSSR count). The fourth-order valence-corrected chi connectivity index (χ4v) is 2.69. The number of anilines is 2. The van der Waals surface area contributed by atoms with E-state index in [0.29, 0.717) is 22.9 Å². The maximum absolute atomic E-state index is 14.2. The zero-order chi connectivity index (χ0) is 18.1. The van der Waals surface area contributed by atoms with Gasteiger partial charge in [0, 0.05) is 37.1 Å². The molecule has 0 saturated heterocycles. The molecule has 0 spiro atoms. The third kappa shape index (κ3) is 3.00. The first kappa shape index (κ1) is 15.8. The standard InChI is InChI=1S/C19H15FN6/c1-3-4-14-10-16(17(20)12-21-14)13-5-8-26-15(9-13)11-19(24-26)22-18-6-7-25(2)23-18/h5-12H,1-2H3,(H,22,23,24). The van der Waals surface area contributed by atoms with Crippen LogP contribution in [0.1, 0.15) is 12.6 Å². The lowest BCUT2D eigenvalue weighted by molar-refractivity contribution is 0.624. The molecule has 0 aromatic carbocycles. The van der Waals surface area contributed by atoms with Crippen LogP contribution in [0.4, 0.5) is 16.0 Å². The fourth-order valence-electron chi connectivity index (χ4n) is 2.69. The van der Waals surface area contributed by atoms with Gasteiger partial charge in [0.2, 0.25) is 0 Å². The van der Waals surface area contributed by atoms with E-state index in [-0.39, 0.29) is 5.82 Å². The Morgan fingerprint density at radius 2 is 1.96 bits per heavy atom. The zero-order valence-corrected chi connectivity index (χ0v) is 14.2. The minimum atomic E-state index is -0.387. The highest BCUT2D eigenvalue weighted by Gasteiger charge is 2.10. The predicted octanol–water partition coefficient (Wildman–Crippen LogP) is 3.38. The number of nitrogens with one attached hydrogen (secondary N) is 1. The predicted molar refractivity (Wildman–Crippen MR) is 97.4 cm³/mol. The van der Waals surface area contributed by atoms with Gasteiger partial charge in [0.25, 0.3) is 0 Å². The van der Waals surface area contributed by atoms with Crippen LogP contribution in [0.15, 0.2) is 48.9 Å². The van der Waals surface area contributed by atoms with Gasteiger partial charge >= 0.3 is 0 Å². The number of rotatable bonds is 3. The summed E-state index contributed by atoms with van der Waals surface area (Å²) in [6.07, 6.45) is 4.84. The van der Waals surface area contributed by atoms with Gasteiger partial charge < -0.3 is 5.32 Å². The lowest BCUT2D eigenvalue weighted by Crippen LogP contribution is -1.95. The first-order valence-corrected chi connectivity index (χ1v) is 7.97. The Bertz CT molecular complexity index is 1160. The van der Waals surface area contributed by atoms with Crippen LogP contribution >= 0.6 is 0 Å². The molecule has 0 aliphatic carbocycles. The van der Waals surface area contributed by atoms with Gasteiger partial charge in [0.1, 0.15) is 11.5 Å². The van der Waals surface area contributed by atoms with E-state index in [2.05, 4.69) is 32.3 Å². The first-order chi connectivity index (χ1) is 12.6. The molecule has 4 aromatic heterocycles. The number of fused-ring (bicyclic) bond motifs is 1. The monoisotopic (exact) mass is 346 g/mol. The summed E-state index contributed by atoms with van der Waals surface area (Å²) in [5, 5.41) is 11.9. The normalized spacial score (nSPS) is 10.6. The highest BCUT2D eigenvalue weighted by Crippen LogP contribution is 2.25. The molecule has 0 fully saturated rings. The highest BCUT2D eigenvalue weighted by molar-refractivity contribution is 5.72. The summed E-state index contributed by atoms with van der Waals surface area (Å²) in [6, 6.07) is 9.08. The second-order valence-electron chi connectivity index (χ2n) is 5.74. The summed E-state index contributed by atoms with van der Waals surface area (Å²) in [7, 11) is 1.85. The molecule has 4 heterocycles. The summed E-state index contributed by atoms with van der Waals surface area (Å²) < 4.78 is 17.7. The van der Waals surface area contributed by atoms with Crippen molar-refractivity contribution in [2.24, 2.45) is 7.05 Å². The number of hydrogen-bond acceptors (Lipinski definition) is 4. The Morgan fingerprint density at radius 1 is 1.08 bits per heavy atom. The number of nitrogens with zero attached hydrogens (tertiary/aromatic N) is 5. The number of aryl methyl sites for hydroxylation is 1. The van der Waals surface area contributed by atoms with Gasteiger partial charge in [-0.2, -0.15) is 10.2 Å². The van der Waals surface area contributed by atoms with Gasteiger partial charge in [0.05, 0.1) is 11.7 Å². The first-order valence-electron chi connectivity index (χ1n) is 7.97. The van der Waals surface area contributed by atoms with Crippen LogP contribution in [0, 0.1) is 17.7 Å². The molecule has 0 atom stereocenters. The quantitative estimate of drug-likeness (QED) is 0.578. The number of aromatic nitrogens is 5. The average molecular weight is 346 g/mol. The maximum Gasteiger partial charge on any atom is 0.154 e. The Hall–Kier alpha value is -3.66. The van der Waals surface area contributed by atoms with E-state index in [1.807, 2.05) is 37.5 Å². The Labute approximate surface area is 149 Å². The molecule has 0 bridgehead atoms. The molecule has 7 heteroatoms. The second-order valence-corrected chi connectivity index (χ2v) is 5.74. The van der Waals surface area contributed by atoms with E-state index in [1.54, 1.807) is 28.4 Å². The van der Waals surface area contributed by atoms with Crippen molar-refractivity contribution in [2.75, 3.05) is 5.32 Å². The topological polar surface area (TPSA) is 60.0 Å². The molecule has 0 aliphatic heterocycles. The summed E-state index contributed by atoms with van der Waals surface area (Å²) in [4.78, 5) is 3.98. The maximum atomic E-state index is 14.2. The molecule has 0 saturated carbocycles. The van der Waals surface area contributed by atoms with Crippen LogP contribution < -0.4 is 5.32 Å². The van der Waals surface area contributed by atoms with Gasteiger partial charge in [-0.1, -0.05) is 5.92 Å². The number of pyridine rings is 2. The number of halogens is 1. The summed E-state index contributed by atoms with van der Waals surface area (Å²) >= 11 is 0. The molecule has 128 valence electrons. The largest absolute Gasteiger partial charge is 0.322 e. The fraction of sp³-hybridized carbons (Fsp3) is 0.105. The second kappa shape index (κ2) is 6.33. The zero-order valence-electron chi connectivity index (χ0n) is 14.2. The van der Waals surface area contributed by atoms with Gasteiger partial charge in [-0.25, -0.2) is 13.9 Å². The summed E-state index contributed by atoms with van der Waals surface area (Å²) in [5.74, 6) is 6.61. The Balaban J connectivity index is 1.71. The smallest absolute Gasteiger partial charge is 0.154 e. The van der Waals surface area contributed by atoms with Gasteiger partial charge in [0.15, 0.2) is 11.6 Å². The van der Waals surface area contributed by atoms with Crippen LogP contribution in [0.3, 0.4) is 0 Å². The third-order valence-electron chi connectivity index (χ3n) is 3.85. The molecule has 26 heavy (non-hydrogen) atoms. The minimum Gasteiger partial charge on any atom is -0.322 e. The van der Waals surface area contributed by atoms with E-state index in [1.165, 1.54) is 6.20 Å². The van der Waals surface area contributed by atoms with Crippen LogP contribution in [-0.2, 0) is 7.05 Å². The number of hydrogen-bond donors (Lipinski definition) is 1. The Kier molecular flexibility index (Phi) is 3.86. The SMILES string of the molecule is CC#Cc1cc(-c2ccn3nc(Nc4ccn(C)n4)cc3c2)c(F)cn1. The lowest BCUT2D eigenvalue weighted by Gasteiger charge is -2.04. The third-order valence-corrected chi connectivity index (χ3v) is 3.85. The van der Waals surface area contributed by atoms with Gasteiger partial charge in [-0.3, -0.25) is 4.68 Å². The van der Waals surface area contributed by atoms with Gasteiger partial charge in [-0.05, 0) is 36.6 Å². The average Bonchev–Trinajstić information content (AvgIpc) is 3.21. The van der Waals surface area contributed by atoms with E-state index in [0.717, 1.165) is 11.1 Å². The van der Waals surface area contributed by atoms with Crippen LogP contribution in [0.25, 0.3) is 16.6 Å². The minimum absolute atomic E-state index is 0.387. The van der Waals surface area contributed by atoms with Crippen molar-refractivity contribution in [3.05, 3.63) is 60.4 Å². The van der Waals surface area contributed by atoms with Crippen molar-refractivity contribution in [3.63, 3.8) is 0 Å². The summed E-state index contributed by atoms with van der Waals surface area (Å²) in [5.41, 5.74) is 2.57. The lowest BCUT2D eigenvalue weighted by atomic mass is 10.1. The molecular formula is C19H15FN6. The van der Waals surface area contributed by atoms with Crippen molar-refractivity contribution < 1.29 is 4.39 Å². The van der Waals surface area contributed by atoms with Crippen LogP contribution in [-0.4, -0.2) is 24.4 Å². The van der Waals surface area contributed by atoms with Crippen molar-refractivity contribution in [1.82, 2.24) is 24.4 Å². The molecule has 0 radical (unpaired) electrons. The van der Waals surface area contributed by atoms with E-state index < -0.39 is 0 Å². The summed E-state index contributed by atoms with van der Waals surface area (Å²) in [6.45, 7) is 1.72. The molecular weight excluding hydrogens is 331 g/mol. The Morgan fingerprint density at radius 3 is 2.73 bits per heavy atom. The van der Waals surface area contributed by atoms with E-state index in [9.17, 15) is 4.39 Å². The molecule has 0 aliphatic rings. The molecule has 0 unspecified atom stereocenters.